The number of nitrogens with one attached hydrogen (secondary N) is 1. The standard InChI is InChI=1S/C15H13F2N/c1-9-3-5-11-12-6-4-10(18-2)8-14(12)15(16,17)13(11)7-9/h3-8,18H,1-2H3. The first-order valence-electron chi connectivity index (χ1n) is 5.85. The summed E-state index contributed by atoms with van der Waals surface area (Å²) < 4.78 is 28.8. The maximum absolute atomic E-state index is 14.4. The Morgan fingerprint density at radius 1 is 0.944 bits per heavy atom. The highest BCUT2D eigenvalue weighted by molar-refractivity contribution is 5.81. The van der Waals surface area contributed by atoms with E-state index < -0.39 is 5.92 Å². The van der Waals surface area contributed by atoms with Gasteiger partial charge in [0.05, 0.1) is 0 Å². The second-order valence-electron chi connectivity index (χ2n) is 4.63. The summed E-state index contributed by atoms with van der Waals surface area (Å²) in [5, 5.41) is 2.90. The molecule has 92 valence electrons. The zero-order valence-corrected chi connectivity index (χ0v) is 10.2. The second-order valence-corrected chi connectivity index (χ2v) is 4.63. The summed E-state index contributed by atoms with van der Waals surface area (Å²) >= 11 is 0. The fourth-order valence-electron chi connectivity index (χ4n) is 2.49. The van der Waals surface area contributed by atoms with Crippen LogP contribution in [0.25, 0.3) is 11.1 Å². The van der Waals surface area contributed by atoms with E-state index in [0.29, 0.717) is 16.8 Å². The van der Waals surface area contributed by atoms with Crippen LogP contribution < -0.4 is 5.32 Å². The predicted octanol–water partition coefficient (Wildman–Crippen LogP) is 4.16. The van der Waals surface area contributed by atoms with Crippen molar-refractivity contribution in [3.05, 3.63) is 53.1 Å². The van der Waals surface area contributed by atoms with E-state index in [1.807, 2.05) is 19.1 Å². The molecule has 3 rings (SSSR count). The molecule has 0 atom stereocenters. The molecule has 0 heterocycles. The molecule has 0 saturated heterocycles. The minimum absolute atomic E-state index is 0.0925. The molecule has 1 nitrogen and oxygen atoms in total. The first-order chi connectivity index (χ1) is 8.54. The molecule has 0 radical (unpaired) electrons. The average Bonchev–Trinajstić information content (AvgIpc) is 2.58. The third kappa shape index (κ3) is 1.37. The molecule has 0 bridgehead atoms. The van der Waals surface area contributed by atoms with Crippen molar-refractivity contribution in [2.45, 2.75) is 12.8 Å². The van der Waals surface area contributed by atoms with Crippen molar-refractivity contribution in [2.24, 2.45) is 0 Å². The zero-order chi connectivity index (χ0) is 12.9. The number of rotatable bonds is 1. The molecular formula is C15H13F2N. The highest BCUT2D eigenvalue weighted by atomic mass is 19.3. The number of benzene rings is 2. The fourth-order valence-corrected chi connectivity index (χ4v) is 2.49. The van der Waals surface area contributed by atoms with E-state index >= 15 is 0 Å². The van der Waals surface area contributed by atoms with Crippen molar-refractivity contribution in [1.82, 2.24) is 0 Å². The molecule has 0 spiro atoms. The summed E-state index contributed by atoms with van der Waals surface area (Å²) in [6, 6.07) is 10.3. The van der Waals surface area contributed by atoms with Crippen molar-refractivity contribution in [3.63, 3.8) is 0 Å². The van der Waals surface area contributed by atoms with Gasteiger partial charge in [-0.05, 0) is 36.2 Å². The van der Waals surface area contributed by atoms with E-state index in [4.69, 9.17) is 0 Å². The molecule has 1 N–H and O–H groups in total. The SMILES string of the molecule is CNc1ccc2c(c1)C(F)(F)c1cc(C)ccc1-2. The van der Waals surface area contributed by atoms with Gasteiger partial charge in [0.2, 0.25) is 0 Å². The number of halogens is 2. The van der Waals surface area contributed by atoms with Crippen molar-refractivity contribution in [1.29, 1.82) is 0 Å². The molecule has 1 aliphatic rings. The summed E-state index contributed by atoms with van der Waals surface area (Å²) in [6.07, 6.45) is 0. The van der Waals surface area contributed by atoms with Crippen molar-refractivity contribution >= 4 is 5.69 Å². The molecule has 2 aromatic carbocycles. The molecule has 0 amide bonds. The molecule has 0 aromatic heterocycles. The molecule has 3 heteroatoms. The lowest BCUT2D eigenvalue weighted by Crippen LogP contribution is -2.11. The van der Waals surface area contributed by atoms with Gasteiger partial charge in [-0.3, -0.25) is 0 Å². The molecule has 18 heavy (non-hydrogen) atoms. The fraction of sp³-hybridized carbons (Fsp3) is 0.200. The van der Waals surface area contributed by atoms with Gasteiger partial charge in [-0.1, -0.05) is 23.8 Å². The third-order valence-electron chi connectivity index (χ3n) is 3.45. The lowest BCUT2D eigenvalue weighted by Gasteiger charge is -2.13. The maximum Gasteiger partial charge on any atom is 0.299 e. The summed E-state index contributed by atoms with van der Waals surface area (Å²) in [7, 11) is 1.73. The molecule has 1 aliphatic carbocycles. The van der Waals surface area contributed by atoms with Crippen LogP contribution in [0.15, 0.2) is 36.4 Å². The van der Waals surface area contributed by atoms with Crippen LogP contribution in [0.1, 0.15) is 16.7 Å². The zero-order valence-electron chi connectivity index (χ0n) is 10.2. The number of aryl methyl sites for hydroxylation is 1. The number of alkyl halides is 2. The predicted molar refractivity (Wildman–Crippen MR) is 69.2 cm³/mol. The van der Waals surface area contributed by atoms with Crippen LogP contribution in [-0.4, -0.2) is 7.05 Å². The van der Waals surface area contributed by atoms with Gasteiger partial charge < -0.3 is 5.32 Å². The van der Waals surface area contributed by atoms with Crippen LogP contribution in [0, 0.1) is 6.92 Å². The van der Waals surface area contributed by atoms with Crippen LogP contribution in [0.2, 0.25) is 0 Å². The molecular weight excluding hydrogens is 232 g/mol. The second kappa shape index (κ2) is 3.55. The average molecular weight is 245 g/mol. The Kier molecular flexibility index (Phi) is 2.21. The molecule has 0 fully saturated rings. The Morgan fingerprint density at radius 3 is 2.22 bits per heavy atom. The van der Waals surface area contributed by atoms with E-state index in [1.54, 1.807) is 25.2 Å². The lowest BCUT2D eigenvalue weighted by atomic mass is 10.0. The molecule has 0 saturated carbocycles. The van der Waals surface area contributed by atoms with Crippen LogP contribution >= 0.6 is 0 Å². The van der Waals surface area contributed by atoms with Crippen LogP contribution in [0.5, 0.6) is 0 Å². The van der Waals surface area contributed by atoms with Gasteiger partial charge in [-0.2, -0.15) is 8.78 Å². The van der Waals surface area contributed by atoms with Gasteiger partial charge in [-0.15, -0.1) is 0 Å². The van der Waals surface area contributed by atoms with Gasteiger partial charge in [0.25, 0.3) is 5.92 Å². The molecule has 2 aromatic rings. The summed E-state index contributed by atoms with van der Waals surface area (Å²) in [5.74, 6) is -2.90. The van der Waals surface area contributed by atoms with Crippen molar-refractivity contribution in [2.75, 3.05) is 12.4 Å². The normalized spacial score (nSPS) is 15.1. The van der Waals surface area contributed by atoms with E-state index in [1.165, 1.54) is 6.07 Å². The van der Waals surface area contributed by atoms with Crippen LogP contribution in [0.4, 0.5) is 14.5 Å². The van der Waals surface area contributed by atoms with Gasteiger partial charge in [-0.25, -0.2) is 0 Å². The minimum atomic E-state index is -2.90. The first-order valence-corrected chi connectivity index (χ1v) is 5.85. The topological polar surface area (TPSA) is 12.0 Å². The van der Waals surface area contributed by atoms with Crippen LogP contribution in [-0.2, 0) is 5.92 Å². The number of hydrogen-bond acceptors (Lipinski definition) is 1. The number of fused-ring (bicyclic) bond motifs is 3. The highest BCUT2D eigenvalue weighted by Crippen LogP contribution is 2.51. The van der Waals surface area contributed by atoms with E-state index in [9.17, 15) is 8.78 Å². The Balaban J connectivity index is 2.31. The quantitative estimate of drug-likeness (QED) is 0.795. The minimum Gasteiger partial charge on any atom is -0.388 e. The smallest absolute Gasteiger partial charge is 0.299 e. The number of hydrogen-bond donors (Lipinski definition) is 1. The van der Waals surface area contributed by atoms with Crippen molar-refractivity contribution < 1.29 is 8.78 Å². The van der Waals surface area contributed by atoms with Gasteiger partial charge >= 0.3 is 0 Å². The van der Waals surface area contributed by atoms with Gasteiger partial charge in [0.15, 0.2) is 0 Å². The number of anilines is 1. The largest absolute Gasteiger partial charge is 0.388 e. The Hall–Kier alpha value is -1.90. The highest BCUT2D eigenvalue weighted by Gasteiger charge is 2.44. The Labute approximate surface area is 104 Å². The van der Waals surface area contributed by atoms with Gasteiger partial charge in [0, 0.05) is 23.9 Å². The molecule has 0 unspecified atom stereocenters. The first kappa shape index (κ1) is 11.2. The molecule has 0 aliphatic heterocycles. The third-order valence-corrected chi connectivity index (χ3v) is 3.45. The Bertz CT molecular complexity index is 632. The summed E-state index contributed by atoms with van der Waals surface area (Å²) in [5.41, 5.74) is 3.05. The van der Waals surface area contributed by atoms with Gasteiger partial charge in [0.1, 0.15) is 0 Å². The van der Waals surface area contributed by atoms with Crippen LogP contribution in [0.3, 0.4) is 0 Å². The van der Waals surface area contributed by atoms with E-state index in [-0.39, 0.29) is 11.1 Å². The van der Waals surface area contributed by atoms with E-state index in [0.717, 1.165) is 5.56 Å². The Morgan fingerprint density at radius 2 is 1.56 bits per heavy atom. The van der Waals surface area contributed by atoms with E-state index in [2.05, 4.69) is 5.32 Å². The maximum atomic E-state index is 14.4. The van der Waals surface area contributed by atoms with Crippen molar-refractivity contribution in [3.8, 4) is 11.1 Å². The summed E-state index contributed by atoms with van der Waals surface area (Å²) in [6.45, 7) is 1.83. The monoisotopic (exact) mass is 245 g/mol. The summed E-state index contributed by atoms with van der Waals surface area (Å²) in [4.78, 5) is 0. The lowest BCUT2D eigenvalue weighted by molar-refractivity contribution is 0.0480.